The number of methoxy groups -OCH3 is 1. The maximum atomic E-state index is 12.3. The van der Waals surface area contributed by atoms with Gasteiger partial charge in [-0.25, -0.2) is 14.6 Å². The Morgan fingerprint density at radius 3 is 2.56 bits per heavy atom. The first-order valence-corrected chi connectivity index (χ1v) is 10.3. The third-order valence-electron chi connectivity index (χ3n) is 4.71. The fourth-order valence-electron chi connectivity index (χ4n) is 3.14. The number of rotatable bonds is 9. The van der Waals surface area contributed by atoms with E-state index < -0.39 is 6.36 Å². The molecule has 34 heavy (non-hydrogen) atoms. The van der Waals surface area contributed by atoms with Crippen LogP contribution >= 0.6 is 0 Å². The van der Waals surface area contributed by atoms with Crippen LogP contribution in [-0.2, 0) is 11.3 Å². The van der Waals surface area contributed by atoms with E-state index in [2.05, 4.69) is 19.8 Å². The molecule has 0 N–H and O–H groups in total. The smallest absolute Gasteiger partial charge is 0.491 e. The molecule has 8 nitrogen and oxygen atoms in total. The molecule has 11 heteroatoms. The van der Waals surface area contributed by atoms with Gasteiger partial charge in [0.15, 0.2) is 5.76 Å². The third kappa shape index (κ3) is 5.93. The number of oxazole rings is 1. The summed E-state index contributed by atoms with van der Waals surface area (Å²) in [6.07, 6.45) is -3.28. The minimum absolute atomic E-state index is 0.198. The highest BCUT2D eigenvalue weighted by Gasteiger charge is 2.31. The van der Waals surface area contributed by atoms with Crippen molar-refractivity contribution in [1.82, 2.24) is 19.7 Å². The predicted octanol–water partition coefficient (Wildman–Crippen LogP) is 4.88. The molecule has 0 aliphatic rings. The summed E-state index contributed by atoms with van der Waals surface area (Å²) in [5, 5.41) is 4.49. The maximum absolute atomic E-state index is 12.3. The number of aromatic nitrogens is 4. The Morgan fingerprint density at radius 1 is 1.03 bits per heavy atom. The lowest BCUT2D eigenvalue weighted by atomic mass is 10.2. The number of nitrogens with zero attached hydrogens (tertiary/aromatic N) is 4. The molecule has 0 aliphatic heterocycles. The molecule has 0 bridgehead atoms. The highest BCUT2D eigenvalue weighted by atomic mass is 19.4. The van der Waals surface area contributed by atoms with Crippen LogP contribution in [0.25, 0.3) is 23.0 Å². The number of hydrogen-bond acceptors (Lipinski definition) is 7. The van der Waals surface area contributed by atoms with E-state index in [4.69, 9.17) is 13.9 Å². The van der Waals surface area contributed by atoms with Gasteiger partial charge in [0, 0.05) is 12.7 Å². The van der Waals surface area contributed by atoms with Gasteiger partial charge in [-0.3, -0.25) is 0 Å². The summed E-state index contributed by atoms with van der Waals surface area (Å²) < 4.78 is 59.0. The first-order valence-electron chi connectivity index (χ1n) is 10.3. The molecule has 2 aromatic carbocycles. The molecule has 0 saturated heterocycles. The van der Waals surface area contributed by atoms with Crippen molar-refractivity contribution in [3.63, 3.8) is 0 Å². The second kappa shape index (κ2) is 9.96. The van der Waals surface area contributed by atoms with Gasteiger partial charge in [-0.2, -0.15) is 0 Å². The second-order valence-electron chi connectivity index (χ2n) is 7.23. The van der Waals surface area contributed by atoms with Crippen LogP contribution < -0.4 is 9.47 Å². The van der Waals surface area contributed by atoms with Crippen LogP contribution in [0.5, 0.6) is 11.5 Å². The van der Waals surface area contributed by atoms with Crippen LogP contribution in [-0.4, -0.2) is 46.4 Å². The quantitative estimate of drug-likeness (QED) is 0.320. The molecule has 0 radical (unpaired) electrons. The number of ether oxygens (including phenoxy) is 3. The van der Waals surface area contributed by atoms with Gasteiger partial charge in [-0.15, -0.1) is 18.3 Å². The number of benzene rings is 2. The molecule has 4 rings (SSSR count). The van der Waals surface area contributed by atoms with Gasteiger partial charge in [-0.1, -0.05) is 12.1 Å². The zero-order valence-corrected chi connectivity index (χ0v) is 18.4. The van der Waals surface area contributed by atoms with E-state index in [1.807, 2.05) is 31.2 Å². The molecule has 0 atom stereocenters. The zero-order chi connectivity index (χ0) is 24.1. The Kier molecular flexibility index (Phi) is 6.82. The summed E-state index contributed by atoms with van der Waals surface area (Å²) >= 11 is 0. The van der Waals surface area contributed by atoms with E-state index in [-0.39, 0.29) is 11.6 Å². The number of halogens is 3. The Hall–Kier alpha value is -3.86. The topological polar surface area (TPSA) is 84.4 Å². The Balaban J connectivity index is 1.46. The van der Waals surface area contributed by atoms with Crippen molar-refractivity contribution in [2.75, 3.05) is 20.3 Å². The van der Waals surface area contributed by atoms with Gasteiger partial charge in [0.2, 0.25) is 5.82 Å². The molecular formula is C23H21F3N4O4. The lowest BCUT2D eigenvalue weighted by Gasteiger charge is -2.08. The molecule has 0 aliphatic carbocycles. The molecule has 178 valence electrons. The fourth-order valence-corrected chi connectivity index (χ4v) is 3.14. The van der Waals surface area contributed by atoms with E-state index >= 15 is 0 Å². The maximum Gasteiger partial charge on any atom is 0.573 e. The first-order chi connectivity index (χ1) is 16.3. The predicted molar refractivity (Wildman–Crippen MR) is 115 cm³/mol. The van der Waals surface area contributed by atoms with Crippen molar-refractivity contribution in [3.05, 3.63) is 66.1 Å². The van der Waals surface area contributed by atoms with Gasteiger partial charge < -0.3 is 18.6 Å². The van der Waals surface area contributed by atoms with Crippen LogP contribution in [0, 0.1) is 6.92 Å². The third-order valence-corrected chi connectivity index (χ3v) is 4.71. The number of aryl methyl sites for hydroxylation is 1. The van der Waals surface area contributed by atoms with Crippen molar-refractivity contribution in [2.45, 2.75) is 19.8 Å². The van der Waals surface area contributed by atoms with Crippen LogP contribution in [0.1, 0.15) is 11.4 Å². The minimum Gasteiger partial charge on any atom is -0.491 e. The average Bonchev–Trinajstić information content (AvgIpc) is 3.41. The van der Waals surface area contributed by atoms with Crippen LogP contribution in [0.15, 0.2) is 59.1 Å². The molecule has 4 aromatic rings. The standard InChI is InChI=1S/C23H21F3N4O4/c1-15-28-21(29-30(15)14-16-4-3-5-19(12-16)32-11-10-31-2)22-27-13-20(33-22)17-6-8-18(9-7-17)34-23(24,25)26/h3-9,12-13H,10-11,14H2,1-2H3. The molecule has 2 heterocycles. The van der Waals surface area contributed by atoms with Crippen LogP contribution in [0.3, 0.4) is 0 Å². The Labute approximate surface area is 192 Å². The Morgan fingerprint density at radius 2 is 1.82 bits per heavy atom. The van der Waals surface area contributed by atoms with Crippen molar-refractivity contribution >= 4 is 0 Å². The van der Waals surface area contributed by atoms with Gasteiger partial charge in [0.25, 0.3) is 5.89 Å². The van der Waals surface area contributed by atoms with E-state index in [9.17, 15) is 13.2 Å². The second-order valence-corrected chi connectivity index (χ2v) is 7.23. The highest BCUT2D eigenvalue weighted by molar-refractivity contribution is 5.59. The fraction of sp³-hybridized carbons (Fsp3) is 0.261. The molecule has 0 saturated carbocycles. The monoisotopic (exact) mass is 474 g/mol. The lowest BCUT2D eigenvalue weighted by Crippen LogP contribution is -2.16. The summed E-state index contributed by atoms with van der Waals surface area (Å²) in [5.41, 5.74) is 1.51. The van der Waals surface area contributed by atoms with Crippen LogP contribution in [0.2, 0.25) is 0 Å². The summed E-state index contributed by atoms with van der Waals surface area (Å²) in [5.74, 6) is 1.94. The summed E-state index contributed by atoms with van der Waals surface area (Å²) in [7, 11) is 1.62. The van der Waals surface area contributed by atoms with Gasteiger partial charge >= 0.3 is 6.36 Å². The lowest BCUT2D eigenvalue weighted by molar-refractivity contribution is -0.274. The molecule has 0 unspecified atom stereocenters. The van der Waals surface area contributed by atoms with Crippen LogP contribution in [0.4, 0.5) is 13.2 Å². The molecule has 0 amide bonds. The Bertz CT molecular complexity index is 1240. The van der Waals surface area contributed by atoms with Gasteiger partial charge in [0.05, 0.1) is 19.3 Å². The van der Waals surface area contributed by atoms with Crippen molar-refractivity contribution in [3.8, 4) is 34.5 Å². The SMILES string of the molecule is COCCOc1cccc(Cn2nc(-c3ncc(-c4ccc(OC(F)(F)F)cc4)o3)nc2C)c1. The molecule has 0 fully saturated rings. The van der Waals surface area contributed by atoms with Crippen molar-refractivity contribution in [2.24, 2.45) is 0 Å². The number of alkyl halides is 3. The average molecular weight is 474 g/mol. The van der Waals surface area contributed by atoms with Crippen molar-refractivity contribution < 1.29 is 31.8 Å². The highest BCUT2D eigenvalue weighted by Crippen LogP contribution is 2.28. The van der Waals surface area contributed by atoms with Crippen molar-refractivity contribution in [1.29, 1.82) is 0 Å². The largest absolute Gasteiger partial charge is 0.573 e. The van der Waals surface area contributed by atoms with Gasteiger partial charge in [0.1, 0.15) is 23.9 Å². The summed E-state index contributed by atoms with van der Waals surface area (Å²) in [6.45, 7) is 3.24. The normalized spacial score (nSPS) is 11.6. The van der Waals surface area contributed by atoms with E-state index in [0.717, 1.165) is 11.3 Å². The summed E-state index contributed by atoms with van der Waals surface area (Å²) in [4.78, 5) is 8.64. The van der Waals surface area contributed by atoms with Gasteiger partial charge in [-0.05, 0) is 48.9 Å². The first kappa shape index (κ1) is 23.3. The van der Waals surface area contributed by atoms with E-state index in [1.54, 1.807) is 11.8 Å². The van der Waals surface area contributed by atoms with E-state index in [0.29, 0.717) is 42.7 Å². The minimum atomic E-state index is -4.75. The zero-order valence-electron chi connectivity index (χ0n) is 18.4. The number of hydrogen-bond donors (Lipinski definition) is 0. The molecular weight excluding hydrogens is 453 g/mol. The molecule has 0 spiro atoms. The summed E-state index contributed by atoms with van der Waals surface area (Å²) in [6, 6.07) is 13.0. The molecule has 2 aromatic heterocycles. The van der Waals surface area contributed by atoms with E-state index in [1.165, 1.54) is 30.5 Å².